The molecule has 2 atom stereocenters. The van der Waals surface area contributed by atoms with Gasteiger partial charge in [0.25, 0.3) is 0 Å². The number of aromatic nitrogens is 1. The summed E-state index contributed by atoms with van der Waals surface area (Å²) in [7, 11) is 0. The van der Waals surface area contributed by atoms with Crippen LogP contribution in [0.4, 0.5) is 5.82 Å². The van der Waals surface area contributed by atoms with Crippen LogP contribution in [0.1, 0.15) is 38.4 Å². The zero-order valence-corrected chi connectivity index (χ0v) is 11.8. The minimum atomic E-state index is -0.612. The van der Waals surface area contributed by atoms with E-state index in [2.05, 4.69) is 16.8 Å². The number of rotatable bonds is 8. The second-order valence-corrected chi connectivity index (χ2v) is 4.91. The molecule has 108 valence electrons. The van der Waals surface area contributed by atoms with Crippen LogP contribution in [0.5, 0.6) is 0 Å². The van der Waals surface area contributed by atoms with Crippen LogP contribution in [0.3, 0.4) is 0 Å². The van der Waals surface area contributed by atoms with Gasteiger partial charge < -0.3 is 15.9 Å². The normalized spacial score (nSPS) is 14.6. The molecule has 0 aliphatic heterocycles. The second kappa shape index (κ2) is 8.09. The van der Waals surface area contributed by atoms with Crippen LogP contribution >= 0.6 is 0 Å². The van der Waals surface area contributed by atoms with Crippen molar-refractivity contribution in [2.45, 2.75) is 38.8 Å². The number of nitrogens with zero attached hydrogens (tertiary/aromatic N) is 2. The van der Waals surface area contributed by atoms with E-state index in [4.69, 9.17) is 5.73 Å². The highest BCUT2D eigenvalue weighted by atomic mass is 16.3. The Hall–Kier alpha value is -1.17. The molecule has 0 unspecified atom stereocenters. The molecule has 0 amide bonds. The molecule has 1 aromatic heterocycles. The van der Waals surface area contributed by atoms with Gasteiger partial charge in [0, 0.05) is 24.3 Å². The molecular formula is C14H25N3O2. The molecule has 19 heavy (non-hydrogen) atoms. The van der Waals surface area contributed by atoms with Crippen molar-refractivity contribution < 1.29 is 10.2 Å². The molecule has 0 saturated heterocycles. The van der Waals surface area contributed by atoms with Crippen molar-refractivity contribution in [1.29, 1.82) is 0 Å². The number of unbranched alkanes of at least 4 members (excludes halogenated alkanes) is 1. The van der Waals surface area contributed by atoms with E-state index in [-0.39, 0.29) is 12.6 Å². The van der Waals surface area contributed by atoms with Gasteiger partial charge in [-0.15, -0.1) is 0 Å². The van der Waals surface area contributed by atoms with Gasteiger partial charge in [-0.2, -0.15) is 0 Å². The standard InChI is InChI=1S/C14H25N3O2/c1-3-4-7-17(11(2)10-18)9-13(19)12-5-6-14(15)16-8-12/h5-6,8,11,13,18-19H,3-4,7,9-10H2,1-2H3,(H2,15,16)/t11-,13+/m0/s1. The summed E-state index contributed by atoms with van der Waals surface area (Å²) >= 11 is 0. The molecule has 0 fully saturated rings. The molecule has 0 bridgehead atoms. The topological polar surface area (TPSA) is 82.6 Å². The number of pyridine rings is 1. The minimum Gasteiger partial charge on any atom is -0.395 e. The van der Waals surface area contributed by atoms with Gasteiger partial charge in [-0.25, -0.2) is 4.98 Å². The zero-order chi connectivity index (χ0) is 14.3. The lowest BCUT2D eigenvalue weighted by atomic mass is 10.1. The van der Waals surface area contributed by atoms with Gasteiger partial charge in [0.15, 0.2) is 0 Å². The third-order valence-electron chi connectivity index (χ3n) is 3.29. The van der Waals surface area contributed by atoms with Gasteiger partial charge >= 0.3 is 0 Å². The van der Waals surface area contributed by atoms with Crippen molar-refractivity contribution in [3.05, 3.63) is 23.9 Å². The van der Waals surface area contributed by atoms with E-state index in [0.29, 0.717) is 12.4 Å². The molecule has 0 saturated carbocycles. The van der Waals surface area contributed by atoms with Crippen LogP contribution in [0.15, 0.2) is 18.3 Å². The summed E-state index contributed by atoms with van der Waals surface area (Å²) in [5.41, 5.74) is 6.28. The van der Waals surface area contributed by atoms with E-state index in [1.807, 2.05) is 6.92 Å². The van der Waals surface area contributed by atoms with Gasteiger partial charge in [-0.1, -0.05) is 19.4 Å². The quantitative estimate of drug-likeness (QED) is 0.659. The summed E-state index contributed by atoms with van der Waals surface area (Å²) in [6, 6.07) is 3.52. The molecule has 4 N–H and O–H groups in total. The summed E-state index contributed by atoms with van der Waals surface area (Å²) in [5.74, 6) is 0.447. The smallest absolute Gasteiger partial charge is 0.123 e. The van der Waals surface area contributed by atoms with Crippen LogP contribution in [0.2, 0.25) is 0 Å². The van der Waals surface area contributed by atoms with E-state index in [1.54, 1.807) is 18.3 Å². The fourth-order valence-corrected chi connectivity index (χ4v) is 1.91. The fourth-order valence-electron chi connectivity index (χ4n) is 1.91. The average molecular weight is 267 g/mol. The predicted molar refractivity (Wildman–Crippen MR) is 76.6 cm³/mol. The Morgan fingerprint density at radius 3 is 2.68 bits per heavy atom. The summed E-state index contributed by atoms with van der Waals surface area (Å²) in [5, 5.41) is 19.5. The van der Waals surface area contributed by atoms with Crippen molar-refractivity contribution in [3.8, 4) is 0 Å². The lowest BCUT2D eigenvalue weighted by Crippen LogP contribution is -2.39. The van der Waals surface area contributed by atoms with E-state index in [9.17, 15) is 10.2 Å². The highest BCUT2D eigenvalue weighted by Gasteiger charge is 2.18. The summed E-state index contributed by atoms with van der Waals surface area (Å²) < 4.78 is 0. The highest BCUT2D eigenvalue weighted by molar-refractivity contribution is 5.30. The molecule has 0 radical (unpaired) electrons. The molecule has 1 aromatic rings. The highest BCUT2D eigenvalue weighted by Crippen LogP contribution is 2.16. The minimum absolute atomic E-state index is 0.0444. The molecule has 0 aliphatic rings. The summed E-state index contributed by atoms with van der Waals surface area (Å²) in [6.07, 6.45) is 3.13. The Kier molecular flexibility index (Phi) is 6.77. The van der Waals surface area contributed by atoms with Crippen molar-refractivity contribution in [3.63, 3.8) is 0 Å². The Morgan fingerprint density at radius 2 is 2.16 bits per heavy atom. The first-order valence-corrected chi connectivity index (χ1v) is 6.82. The molecular weight excluding hydrogens is 242 g/mol. The van der Waals surface area contributed by atoms with Gasteiger partial charge in [-0.05, 0) is 26.0 Å². The van der Waals surface area contributed by atoms with E-state index < -0.39 is 6.10 Å². The molecule has 0 aliphatic carbocycles. The van der Waals surface area contributed by atoms with Gasteiger partial charge in [0.1, 0.15) is 5.82 Å². The number of hydrogen-bond donors (Lipinski definition) is 3. The molecule has 0 aromatic carbocycles. The van der Waals surface area contributed by atoms with Crippen molar-refractivity contribution in [2.24, 2.45) is 0 Å². The second-order valence-electron chi connectivity index (χ2n) is 4.91. The van der Waals surface area contributed by atoms with Crippen molar-refractivity contribution in [1.82, 2.24) is 9.88 Å². The summed E-state index contributed by atoms with van der Waals surface area (Å²) in [4.78, 5) is 6.09. The Labute approximate surface area is 115 Å². The number of nitrogen functional groups attached to an aromatic ring is 1. The van der Waals surface area contributed by atoms with Crippen LogP contribution in [0.25, 0.3) is 0 Å². The van der Waals surface area contributed by atoms with Crippen molar-refractivity contribution in [2.75, 3.05) is 25.4 Å². The predicted octanol–water partition coefficient (Wildman–Crippen LogP) is 1.18. The number of anilines is 1. The van der Waals surface area contributed by atoms with Crippen LogP contribution in [0, 0.1) is 0 Å². The van der Waals surface area contributed by atoms with Gasteiger partial charge in [0.05, 0.1) is 12.7 Å². The monoisotopic (exact) mass is 267 g/mol. The lowest BCUT2D eigenvalue weighted by molar-refractivity contribution is 0.0674. The molecule has 1 heterocycles. The Balaban J connectivity index is 2.63. The first-order chi connectivity index (χ1) is 9.08. The summed E-state index contributed by atoms with van der Waals surface area (Å²) in [6.45, 7) is 5.55. The Morgan fingerprint density at radius 1 is 1.42 bits per heavy atom. The molecule has 1 rings (SSSR count). The zero-order valence-electron chi connectivity index (χ0n) is 11.8. The van der Waals surface area contributed by atoms with Gasteiger partial charge in [-0.3, -0.25) is 4.90 Å². The van der Waals surface area contributed by atoms with Gasteiger partial charge in [0.2, 0.25) is 0 Å². The van der Waals surface area contributed by atoms with Crippen LogP contribution in [-0.2, 0) is 0 Å². The van der Waals surface area contributed by atoms with Crippen LogP contribution < -0.4 is 5.73 Å². The van der Waals surface area contributed by atoms with E-state index in [0.717, 1.165) is 24.9 Å². The third-order valence-corrected chi connectivity index (χ3v) is 3.29. The maximum atomic E-state index is 10.2. The number of nitrogens with two attached hydrogens (primary N) is 1. The molecule has 0 spiro atoms. The SMILES string of the molecule is CCCCN(C[C@@H](O)c1ccc(N)nc1)[C@@H](C)CO. The largest absolute Gasteiger partial charge is 0.395 e. The average Bonchev–Trinajstić information content (AvgIpc) is 2.43. The number of hydrogen-bond acceptors (Lipinski definition) is 5. The maximum absolute atomic E-state index is 10.2. The van der Waals surface area contributed by atoms with Crippen molar-refractivity contribution >= 4 is 5.82 Å². The first kappa shape index (κ1) is 15.9. The lowest BCUT2D eigenvalue weighted by Gasteiger charge is -2.29. The van der Waals surface area contributed by atoms with Crippen LogP contribution in [-0.4, -0.2) is 45.8 Å². The maximum Gasteiger partial charge on any atom is 0.123 e. The Bertz CT molecular complexity index is 356. The number of aliphatic hydroxyl groups excluding tert-OH is 2. The fraction of sp³-hybridized carbons (Fsp3) is 0.643. The third kappa shape index (κ3) is 5.14. The molecule has 5 heteroatoms. The van der Waals surface area contributed by atoms with E-state index in [1.165, 1.54) is 0 Å². The molecule has 5 nitrogen and oxygen atoms in total. The number of aliphatic hydroxyl groups is 2. The first-order valence-electron chi connectivity index (χ1n) is 6.82. The van der Waals surface area contributed by atoms with E-state index >= 15 is 0 Å².